The third-order valence-electron chi connectivity index (χ3n) is 4.44. The Morgan fingerprint density at radius 3 is 3.16 bits per heavy atom. The average Bonchev–Trinajstić information content (AvgIpc) is 2.96. The first kappa shape index (κ1) is 13.5. The highest BCUT2D eigenvalue weighted by Gasteiger charge is 2.29. The molecular formula is C15H25N3S. The largest absolute Gasteiger partial charge is 0.307 e. The molecule has 0 radical (unpaired) electrons. The first-order valence-electron chi connectivity index (χ1n) is 7.66. The van der Waals surface area contributed by atoms with E-state index in [-0.39, 0.29) is 0 Å². The molecule has 0 aromatic carbocycles. The van der Waals surface area contributed by atoms with E-state index >= 15 is 0 Å². The highest BCUT2D eigenvalue weighted by atomic mass is 32.2. The molecule has 1 heterocycles. The fourth-order valence-electron chi connectivity index (χ4n) is 3.60. The van der Waals surface area contributed by atoms with E-state index in [9.17, 15) is 0 Å². The number of fused-ring (bicyclic) bond motifs is 1. The van der Waals surface area contributed by atoms with Crippen LogP contribution >= 0.6 is 11.8 Å². The smallest absolute Gasteiger partial charge is 0.0672 e. The number of hydrogen-bond acceptors (Lipinski definition) is 3. The number of aromatic nitrogens is 2. The van der Waals surface area contributed by atoms with Gasteiger partial charge in [-0.3, -0.25) is 4.68 Å². The summed E-state index contributed by atoms with van der Waals surface area (Å²) in [5.74, 6) is 1.26. The Morgan fingerprint density at radius 2 is 2.32 bits per heavy atom. The lowest BCUT2D eigenvalue weighted by molar-refractivity contribution is 0.397. The molecule has 0 spiro atoms. The third kappa shape index (κ3) is 3.00. The minimum atomic E-state index is 0.549. The fraction of sp³-hybridized carbons (Fsp3) is 0.800. The topological polar surface area (TPSA) is 29.9 Å². The number of nitrogens with one attached hydrogen (secondary N) is 1. The van der Waals surface area contributed by atoms with Gasteiger partial charge in [0.1, 0.15) is 0 Å². The van der Waals surface area contributed by atoms with E-state index in [1.807, 2.05) is 11.7 Å². The van der Waals surface area contributed by atoms with Crippen LogP contribution < -0.4 is 5.32 Å². The summed E-state index contributed by atoms with van der Waals surface area (Å²) in [5, 5.41) is 9.39. The first-order chi connectivity index (χ1) is 9.26. The molecule has 1 saturated carbocycles. The van der Waals surface area contributed by atoms with Crippen molar-refractivity contribution in [1.29, 1.82) is 0 Å². The second kappa shape index (κ2) is 5.88. The maximum absolute atomic E-state index is 4.59. The molecule has 0 unspecified atom stereocenters. The summed E-state index contributed by atoms with van der Waals surface area (Å²) in [6.07, 6.45) is 10.0. The molecule has 0 bridgehead atoms. The van der Waals surface area contributed by atoms with Crippen molar-refractivity contribution in [2.45, 2.75) is 62.8 Å². The molecule has 4 heteroatoms. The summed E-state index contributed by atoms with van der Waals surface area (Å²) >= 11 is 2.14. The van der Waals surface area contributed by atoms with Gasteiger partial charge in [-0.1, -0.05) is 6.92 Å². The van der Waals surface area contributed by atoms with Gasteiger partial charge in [0.05, 0.1) is 5.69 Å². The lowest BCUT2D eigenvalue weighted by atomic mass is 9.92. The number of rotatable bonds is 4. The summed E-state index contributed by atoms with van der Waals surface area (Å²) in [5.41, 5.74) is 2.78. The predicted molar refractivity (Wildman–Crippen MR) is 81.6 cm³/mol. The average molecular weight is 279 g/mol. The van der Waals surface area contributed by atoms with Crippen molar-refractivity contribution in [3.8, 4) is 0 Å². The third-order valence-corrected chi connectivity index (χ3v) is 5.68. The van der Waals surface area contributed by atoms with Gasteiger partial charge in [0.25, 0.3) is 0 Å². The molecule has 1 aromatic heterocycles. The molecule has 1 aromatic rings. The van der Waals surface area contributed by atoms with Crippen LogP contribution in [0.5, 0.6) is 0 Å². The Balaban J connectivity index is 1.62. The molecule has 1 fully saturated rings. The zero-order valence-electron chi connectivity index (χ0n) is 12.1. The van der Waals surface area contributed by atoms with Gasteiger partial charge in [-0.2, -0.15) is 16.9 Å². The van der Waals surface area contributed by atoms with E-state index in [1.54, 1.807) is 0 Å². The Kier molecular flexibility index (Phi) is 4.18. The second-order valence-electron chi connectivity index (χ2n) is 5.90. The molecule has 106 valence electrons. The highest BCUT2D eigenvalue weighted by molar-refractivity contribution is 7.99. The standard InChI is InChI=1S/C15H25N3S/c1-3-19-12-8-7-11(9-12)16-14-5-4-6-15-13(14)10-18(2)17-15/h10-12,14,16H,3-9H2,1-2H3/t11-,12+,14+/m0/s1. The van der Waals surface area contributed by atoms with Crippen molar-refractivity contribution < 1.29 is 0 Å². The highest BCUT2D eigenvalue weighted by Crippen LogP contribution is 2.34. The predicted octanol–water partition coefficient (Wildman–Crippen LogP) is 3.06. The molecule has 3 atom stereocenters. The number of hydrogen-bond donors (Lipinski definition) is 1. The van der Waals surface area contributed by atoms with Crippen LogP contribution in [-0.2, 0) is 13.5 Å². The Hall–Kier alpha value is -0.480. The Labute approximate surface area is 120 Å². The van der Waals surface area contributed by atoms with Crippen molar-refractivity contribution in [3.05, 3.63) is 17.5 Å². The minimum Gasteiger partial charge on any atom is -0.307 e. The van der Waals surface area contributed by atoms with E-state index in [0.717, 1.165) is 17.7 Å². The monoisotopic (exact) mass is 279 g/mol. The van der Waals surface area contributed by atoms with Crippen molar-refractivity contribution in [2.24, 2.45) is 7.05 Å². The molecular weight excluding hydrogens is 254 g/mol. The van der Waals surface area contributed by atoms with Crippen LogP contribution in [0.4, 0.5) is 0 Å². The quantitative estimate of drug-likeness (QED) is 0.918. The van der Waals surface area contributed by atoms with Gasteiger partial charge in [0, 0.05) is 36.1 Å². The lowest BCUT2D eigenvalue weighted by Crippen LogP contribution is -2.33. The number of aryl methyl sites for hydroxylation is 2. The minimum absolute atomic E-state index is 0.549. The van der Waals surface area contributed by atoms with Gasteiger partial charge >= 0.3 is 0 Å². The zero-order valence-corrected chi connectivity index (χ0v) is 12.9. The fourth-order valence-corrected chi connectivity index (χ4v) is 4.75. The van der Waals surface area contributed by atoms with E-state index in [4.69, 9.17) is 0 Å². The number of thioether (sulfide) groups is 1. The molecule has 2 aliphatic rings. The van der Waals surface area contributed by atoms with Crippen LogP contribution in [0.2, 0.25) is 0 Å². The first-order valence-corrected chi connectivity index (χ1v) is 8.71. The second-order valence-corrected chi connectivity index (χ2v) is 7.48. The molecule has 2 aliphatic carbocycles. The van der Waals surface area contributed by atoms with Gasteiger partial charge in [0.2, 0.25) is 0 Å². The summed E-state index contributed by atoms with van der Waals surface area (Å²) < 4.78 is 1.98. The van der Waals surface area contributed by atoms with Crippen LogP contribution in [0.1, 0.15) is 56.3 Å². The van der Waals surface area contributed by atoms with Gasteiger partial charge in [-0.15, -0.1) is 0 Å². The van der Waals surface area contributed by atoms with E-state index in [1.165, 1.54) is 49.1 Å². The zero-order chi connectivity index (χ0) is 13.2. The summed E-state index contributed by atoms with van der Waals surface area (Å²) in [4.78, 5) is 0. The van der Waals surface area contributed by atoms with Gasteiger partial charge < -0.3 is 5.32 Å². The van der Waals surface area contributed by atoms with Crippen molar-refractivity contribution >= 4 is 11.8 Å². The van der Waals surface area contributed by atoms with Crippen LogP contribution in [-0.4, -0.2) is 26.8 Å². The van der Waals surface area contributed by atoms with E-state index < -0.39 is 0 Å². The molecule has 1 N–H and O–H groups in total. The summed E-state index contributed by atoms with van der Waals surface area (Å²) in [6, 6.07) is 1.27. The van der Waals surface area contributed by atoms with E-state index in [2.05, 4.69) is 35.3 Å². The van der Waals surface area contributed by atoms with Gasteiger partial charge in [-0.25, -0.2) is 0 Å². The lowest BCUT2D eigenvalue weighted by Gasteiger charge is -2.26. The molecule has 0 amide bonds. The summed E-state index contributed by atoms with van der Waals surface area (Å²) in [6.45, 7) is 2.27. The van der Waals surface area contributed by atoms with Crippen LogP contribution in [0, 0.1) is 0 Å². The molecule has 3 rings (SSSR count). The maximum Gasteiger partial charge on any atom is 0.0672 e. The van der Waals surface area contributed by atoms with Crippen LogP contribution in [0.25, 0.3) is 0 Å². The van der Waals surface area contributed by atoms with Crippen molar-refractivity contribution in [1.82, 2.24) is 15.1 Å². The maximum atomic E-state index is 4.59. The molecule has 0 aliphatic heterocycles. The SMILES string of the molecule is CCS[C@@H]1CC[C@H](N[C@@H]2CCCc3nn(C)cc32)C1. The number of nitrogens with zero attached hydrogens (tertiary/aromatic N) is 2. The Morgan fingerprint density at radius 1 is 1.42 bits per heavy atom. The molecule has 0 saturated heterocycles. The van der Waals surface area contributed by atoms with Crippen molar-refractivity contribution in [2.75, 3.05) is 5.75 Å². The van der Waals surface area contributed by atoms with Crippen molar-refractivity contribution in [3.63, 3.8) is 0 Å². The van der Waals surface area contributed by atoms with Gasteiger partial charge in [0.15, 0.2) is 0 Å². The van der Waals surface area contributed by atoms with E-state index in [0.29, 0.717) is 6.04 Å². The molecule has 19 heavy (non-hydrogen) atoms. The van der Waals surface area contributed by atoms with Crippen LogP contribution in [0.3, 0.4) is 0 Å². The molecule has 3 nitrogen and oxygen atoms in total. The Bertz CT molecular complexity index is 429. The van der Waals surface area contributed by atoms with Gasteiger partial charge in [-0.05, 0) is 44.3 Å². The summed E-state index contributed by atoms with van der Waals surface area (Å²) in [7, 11) is 2.04. The van der Waals surface area contributed by atoms with Crippen LogP contribution in [0.15, 0.2) is 6.20 Å². The normalized spacial score (nSPS) is 30.5.